The Morgan fingerprint density at radius 3 is 2.46 bits per heavy atom. The van der Waals surface area contributed by atoms with Crippen molar-refractivity contribution in [2.75, 3.05) is 6.54 Å². The summed E-state index contributed by atoms with van der Waals surface area (Å²) < 4.78 is 31.5. The molecule has 1 aromatic carbocycles. The van der Waals surface area contributed by atoms with E-state index in [2.05, 4.69) is 16.6 Å². The fourth-order valence-corrected chi connectivity index (χ4v) is 3.69. The SMILES string of the molecule is C=CCNS(=O)(=O)c1ccc(C(=O)OC(C)C(=O)NC2CCCC2)cc1. The maximum Gasteiger partial charge on any atom is 0.338 e. The number of carbonyl (C=O) groups excluding carboxylic acids is 2. The van der Waals surface area contributed by atoms with E-state index in [-0.39, 0.29) is 29.0 Å². The molecule has 1 aliphatic rings. The van der Waals surface area contributed by atoms with E-state index < -0.39 is 22.1 Å². The van der Waals surface area contributed by atoms with Crippen molar-refractivity contribution in [3.05, 3.63) is 42.5 Å². The summed E-state index contributed by atoms with van der Waals surface area (Å²) in [5, 5.41) is 2.87. The third kappa shape index (κ3) is 5.40. The first-order valence-electron chi connectivity index (χ1n) is 8.55. The highest BCUT2D eigenvalue weighted by Gasteiger charge is 2.23. The zero-order valence-corrected chi connectivity index (χ0v) is 15.6. The number of hydrogen-bond acceptors (Lipinski definition) is 5. The second-order valence-corrected chi connectivity index (χ2v) is 7.97. The molecule has 0 spiro atoms. The number of carbonyl (C=O) groups is 2. The van der Waals surface area contributed by atoms with E-state index >= 15 is 0 Å². The van der Waals surface area contributed by atoms with Gasteiger partial charge in [0.05, 0.1) is 10.5 Å². The first-order valence-corrected chi connectivity index (χ1v) is 10.0. The molecule has 1 aromatic rings. The summed E-state index contributed by atoms with van der Waals surface area (Å²) in [4.78, 5) is 24.2. The van der Waals surface area contributed by atoms with Crippen molar-refractivity contribution in [2.45, 2.75) is 49.6 Å². The van der Waals surface area contributed by atoms with Crippen LogP contribution in [0, 0.1) is 0 Å². The normalized spacial score (nSPS) is 16.0. The molecule has 2 rings (SSSR count). The molecular weight excluding hydrogens is 356 g/mol. The van der Waals surface area contributed by atoms with Crippen LogP contribution in [0.2, 0.25) is 0 Å². The van der Waals surface area contributed by atoms with Gasteiger partial charge in [-0.1, -0.05) is 18.9 Å². The molecule has 7 nitrogen and oxygen atoms in total. The van der Waals surface area contributed by atoms with Crippen molar-refractivity contribution < 1.29 is 22.7 Å². The summed E-state index contributed by atoms with van der Waals surface area (Å²) in [5.74, 6) is -1.000. The zero-order chi connectivity index (χ0) is 19.2. The second-order valence-electron chi connectivity index (χ2n) is 6.20. The van der Waals surface area contributed by atoms with Gasteiger partial charge in [-0.25, -0.2) is 17.9 Å². The highest BCUT2D eigenvalue weighted by molar-refractivity contribution is 7.89. The lowest BCUT2D eigenvalue weighted by Gasteiger charge is -2.17. The van der Waals surface area contributed by atoms with Crippen LogP contribution in [0.3, 0.4) is 0 Å². The van der Waals surface area contributed by atoms with Gasteiger partial charge >= 0.3 is 5.97 Å². The van der Waals surface area contributed by atoms with E-state index in [4.69, 9.17) is 4.74 Å². The van der Waals surface area contributed by atoms with Crippen LogP contribution in [0.5, 0.6) is 0 Å². The van der Waals surface area contributed by atoms with Crippen LogP contribution >= 0.6 is 0 Å². The summed E-state index contributed by atoms with van der Waals surface area (Å²) in [7, 11) is -3.65. The molecule has 1 saturated carbocycles. The molecule has 0 aromatic heterocycles. The van der Waals surface area contributed by atoms with Gasteiger partial charge in [-0.05, 0) is 44.0 Å². The lowest BCUT2D eigenvalue weighted by molar-refractivity contribution is -0.129. The monoisotopic (exact) mass is 380 g/mol. The predicted octanol–water partition coefficient (Wildman–Crippen LogP) is 1.75. The van der Waals surface area contributed by atoms with Gasteiger partial charge in [-0.15, -0.1) is 6.58 Å². The molecule has 0 saturated heterocycles. The van der Waals surface area contributed by atoms with Crippen molar-refractivity contribution in [2.24, 2.45) is 0 Å². The first-order chi connectivity index (χ1) is 12.3. The molecule has 0 heterocycles. The van der Waals surface area contributed by atoms with E-state index in [1.165, 1.54) is 37.3 Å². The highest BCUT2D eigenvalue weighted by atomic mass is 32.2. The summed E-state index contributed by atoms with van der Waals surface area (Å²) in [6, 6.07) is 5.48. The average molecular weight is 380 g/mol. The topological polar surface area (TPSA) is 102 Å². The van der Waals surface area contributed by atoms with Crippen molar-refractivity contribution in [1.82, 2.24) is 10.0 Å². The minimum atomic E-state index is -3.65. The lowest BCUT2D eigenvalue weighted by Crippen LogP contribution is -2.40. The Morgan fingerprint density at radius 2 is 1.88 bits per heavy atom. The van der Waals surface area contributed by atoms with Crippen LogP contribution < -0.4 is 10.0 Å². The molecule has 0 radical (unpaired) electrons. The van der Waals surface area contributed by atoms with Gasteiger partial charge < -0.3 is 10.1 Å². The summed E-state index contributed by atoms with van der Waals surface area (Å²) in [5.41, 5.74) is 0.174. The molecule has 2 N–H and O–H groups in total. The Labute approximate surface area is 153 Å². The van der Waals surface area contributed by atoms with Gasteiger partial charge in [0.1, 0.15) is 0 Å². The molecule has 26 heavy (non-hydrogen) atoms. The van der Waals surface area contributed by atoms with E-state index in [1.807, 2.05) is 0 Å². The number of nitrogens with one attached hydrogen (secondary N) is 2. The number of benzene rings is 1. The third-order valence-corrected chi connectivity index (χ3v) is 5.61. The minimum Gasteiger partial charge on any atom is -0.449 e. The quantitative estimate of drug-likeness (QED) is 0.528. The summed E-state index contributed by atoms with van der Waals surface area (Å²) in [6.07, 6.45) is 4.60. The van der Waals surface area contributed by atoms with Crippen LogP contribution in [0.25, 0.3) is 0 Å². The van der Waals surface area contributed by atoms with Gasteiger partial charge in [0.25, 0.3) is 5.91 Å². The molecule has 1 aliphatic carbocycles. The van der Waals surface area contributed by atoms with Crippen LogP contribution in [0.15, 0.2) is 41.8 Å². The standard InChI is InChI=1S/C18H24N2O5S/c1-3-12-19-26(23,24)16-10-8-14(9-11-16)18(22)25-13(2)17(21)20-15-6-4-5-7-15/h3,8-11,13,15,19H,1,4-7,12H2,2H3,(H,20,21). The zero-order valence-electron chi connectivity index (χ0n) is 14.7. The van der Waals surface area contributed by atoms with E-state index in [1.54, 1.807) is 0 Å². The molecular formula is C18H24N2O5S. The Hall–Kier alpha value is -2.19. The number of hydrogen-bond donors (Lipinski definition) is 2. The number of ether oxygens (including phenoxy) is 1. The fourth-order valence-electron chi connectivity index (χ4n) is 2.69. The van der Waals surface area contributed by atoms with Crippen molar-refractivity contribution >= 4 is 21.9 Å². The van der Waals surface area contributed by atoms with Crippen molar-refractivity contribution in [3.63, 3.8) is 0 Å². The highest BCUT2D eigenvalue weighted by Crippen LogP contribution is 2.18. The van der Waals surface area contributed by atoms with Gasteiger partial charge in [-0.2, -0.15) is 0 Å². The van der Waals surface area contributed by atoms with E-state index in [9.17, 15) is 18.0 Å². The molecule has 1 atom stereocenters. The maximum atomic E-state index is 12.1. The van der Waals surface area contributed by atoms with E-state index in [0.29, 0.717) is 0 Å². The number of esters is 1. The Kier molecular flexibility index (Phi) is 6.93. The van der Waals surface area contributed by atoms with Gasteiger partial charge in [0, 0.05) is 12.6 Å². The number of amides is 1. The van der Waals surface area contributed by atoms with Crippen LogP contribution in [0.4, 0.5) is 0 Å². The molecule has 142 valence electrons. The molecule has 1 fully saturated rings. The Morgan fingerprint density at radius 1 is 1.27 bits per heavy atom. The number of rotatable bonds is 8. The van der Waals surface area contributed by atoms with Crippen molar-refractivity contribution in [3.8, 4) is 0 Å². The second kappa shape index (κ2) is 8.95. The molecule has 1 amide bonds. The van der Waals surface area contributed by atoms with Crippen LogP contribution in [-0.4, -0.2) is 39.0 Å². The fraction of sp³-hybridized carbons (Fsp3) is 0.444. The van der Waals surface area contributed by atoms with Gasteiger partial charge in [0.15, 0.2) is 6.10 Å². The largest absolute Gasteiger partial charge is 0.449 e. The van der Waals surface area contributed by atoms with Gasteiger partial charge in [-0.3, -0.25) is 4.79 Å². The Balaban J connectivity index is 1.94. The maximum absolute atomic E-state index is 12.1. The molecule has 0 aliphatic heterocycles. The first kappa shape index (κ1) is 20.1. The molecule has 8 heteroatoms. The smallest absolute Gasteiger partial charge is 0.338 e. The average Bonchev–Trinajstić information content (AvgIpc) is 3.13. The summed E-state index contributed by atoms with van der Waals surface area (Å²) >= 11 is 0. The minimum absolute atomic E-state index is 0.0305. The third-order valence-electron chi connectivity index (χ3n) is 4.17. The Bertz CT molecular complexity index is 752. The number of sulfonamides is 1. The van der Waals surface area contributed by atoms with Gasteiger partial charge in [0.2, 0.25) is 10.0 Å². The van der Waals surface area contributed by atoms with Crippen molar-refractivity contribution in [1.29, 1.82) is 0 Å². The van der Waals surface area contributed by atoms with E-state index in [0.717, 1.165) is 25.7 Å². The predicted molar refractivity (Wildman–Crippen MR) is 97.1 cm³/mol. The summed E-state index contributed by atoms with van der Waals surface area (Å²) in [6.45, 7) is 5.07. The van der Waals surface area contributed by atoms with Crippen LogP contribution in [-0.2, 0) is 19.6 Å². The lowest BCUT2D eigenvalue weighted by atomic mass is 10.2. The van der Waals surface area contributed by atoms with Crippen LogP contribution in [0.1, 0.15) is 43.0 Å². The molecule has 1 unspecified atom stereocenters. The molecule has 0 bridgehead atoms.